The summed E-state index contributed by atoms with van der Waals surface area (Å²) in [6.45, 7) is 7.69. The summed E-state index contributed by atoms with van der Waals surface area (Å²) in [5.74, 6) is -0.432. The zero-order valence-electron chi connectivity index (χ0n) is 17.6. The van der Waals surface area contributed by atoms with Gasteiger partial charge in [0, 0.05) is 17.8 Å². The molecule has 0 fully saturated rings. The Morgan fingerprint density at radius 3 is 2.33 bits per heavy atom. The van der Waals surface area contributed by atoms with Gasteiger partial charge in [-0.05, 0) is 41.7 Å². The first kappa shape index (κ1) is 22.9. The maximum atomic E-state index is 11.9. The predicted molar refractivity (Wildman–Crippen MR) is 113 cm³/mol. The van der Waals surface area contributed by atoms with Crippen LogP contribution in [0.25, 0.3) is 0 Å². The average molecular weight is 414 g/mol. The van der Waals surface area contributed by atoms with E-state index in [2.05, 4.69) is 26.1 Å². The largest absolute Gasteiger partial charge is 0.493 e. The molecular formula is C22H26N2O6. The summed E-state index contributed by atoms with van der Waals surface area (Å²) in [4.78, 5) is 34.0. The lowest BCUT2D eigenvalue weighted by molar-refractivity contribution is -0.384. The van der Waals surface area contributed by atoms with Crippen molar-refractivity contribution in [3.8, 4) is 5.75 Å². The van der Waals surface area contributed by atoms with Crippen LogP contribution < -0.4 is 10.1 Å². The third-order valence-electron chi connectivity index (χ3n) is 4.35. The second kappa shape index (κ2) is 9.87. The minimum atomic E-state index is -0.558. The quantitative estimate of drug-likeness (QED) is 0.395. The molecule has 0 atom stereocenters. The number of aryl methyl sites for hydroxylation is 1. The lowest BCUT2D eigenvalue weighted by Gasteiger charge is -2.19. The van der Waals surface area contributed by atoms with Crippen LogP contribution in [-0.4, -0.2) is 30.0 Å². The van der Waals surface area contributed by atoms with Crippen LogP contribution >= 0.6 is 0 Å². The molecule has 0 heterocycles. The van der Waals surface area contributed by atoms with Crippen molar-refractivity contribution in [2.75, 3.05) is 18.5 Å². The third-order valence-corrected chi connectivity index (χ3v) is 4.35. The molecule has 30 heavy (non-hydrogen) atoms. The fraction of sp³-hybridized carbons (Fsp3) is 0.364. The second-order valence-corrected chi connectivity index (χ2v) is 7.84. The number of nitrogens with zero attached hydrogens (tertiary/aromatic N) is 1. The molecule has 2 rings (SSSR count). The molecule has 0 bridgehead atoms. The summed E-state index contributed by atoms with van der Waals surface area (Å²) in [6, 6.07) is 11.8. The molecule has 2 aromatic carbocycles. The highest BCUT2D eigenvalue weighted by molar-refractivity contribution is 5.93. The van der Waals surface area contributed by atoms with Crippen molar-refractivity contribution in [2.45, 2.75) is 39.5 Å². The van der Waals surface area contributed by atoms with E-state index in [0.29, 0.717) is 17.0 Å². The summed E-state index contributed by atoms with van der Waals surface area (Å²) < 4.78 is 10.5. The molecule has 0 aromatic heterocycles. The first-order valence-corrected chi connectivity index (χ1v) is 9.50. The predicted octanol–water partition coefficient (Wildman–Crippen LogP) is 4.15. The lowest BCUT2D eigenvalue weighted by Crippen LogP contribution is -2.22. The summed E-state index contributed by atoms with van der Waals surface area (Å²) in [6.07, 6.45) is 0.00482. The van der Waals surface area contributed by atoms with E-state index in [1.165, 1.54) is 23.8 Å². The van der Waals surface area contributed by atoms with Crippen LogP contribution in [0.5, 0.6) is 5.75 Å². The van der Waals surface area contributed by atoms with Gasteiger partial charge in [0.2, 0.25) is 0 Å². The summed E-state index contributed by atoms with van der Waals surface area (Å²) in [5.41, 5.74) is 2.13. The second-order valence-electron chi connectivity index (χ2n) is 7.84. The third kappa shape index (κ3) is 6.88. The SMILES string of the molecule is Cc1cc([N+](=O)[O-])ccc1NC(=O)COC(=O)CCOc1ccc(C(C)(C)C)cc1. The Labute approximate surface area is 175 Å². The first-order valence-electron chi connectivity index (χ1n) is 9.50. The molecular weight excluding hydrogens is 388 g/mol. The number of ether oxygens (including phenoxy) is 2. The first-order chi connectivity index (χ1) is 14.1. The van der Waals surface area contributed by atoms with Gasteiger partial charge in [0.05, 0.1) is 18.0 Å². The molecule has 0 aliphatic heterocycles. The molecule has 0 saturated carbocycles. The number of nitrogens with one attached hydrogen (secondary N) is 1. The zero-order chi connectivity index (χ0) is 22.3. The van der Waals surface area contributed by atoms with Crippen LogP contribution in [0.4, 0.5) is 11.4 Å². The molecule has 8 heteroatoms. The minimum absolute atomic E-state index is 0.00482. The zero-order valence-corrected chi connectivity index (χ0v) is 17.6. The molecule has 0 aliphatic carbocycles. The maximum absolute atomic E-state index is 11.9. The number of nitro benzene ring substituents is 1. The van der Waals surface area contributed by atoms with E-state index in [1.807, 2.05) is 24.3 Å². The Bertz CT molecular complexity index is 916. The average Bonchev–Trinajstić information content (AvgIpc) is 2.67. The van der Waals surface area contributed by atoms with E-state index in [0.717, 1.165) is 0 Å². The minimum Gasteiger partial charge on any atom is -0.493 e. The van der Waals surface area contributed by atoms with Gasteiger partial charge in [-0.1, -0.05) is 32.9 Å². The number of hydrogen-bond donors (Lipinski definition) is 1. The highest BCUT2D eigenvalue weighted by atomic mass is 16.6. The standard InChI is InChI=1S/C22H26N2O6/c1-15-13-17(24(27)28)7-10-19(15)23-20(25)14-30-21(26)11-12-29-18-8-5-16(6-9-18)22(2,3)4/h5-10,13H,11-12,14H2,1-4H3,(H,23,25). The van der Waals surface area contributed by atoms with Gasteiger partial charge in [-0.15, -0.1) is 0 Å². The van der Waals surface area contributed by atoms with Gasteiger partial charge in [0.1, 0.15) is 5.75 Å². The number of carbonyl (C=O) groups is 2. The van der Waals surface area contributed by atoms with Gasteiger partial charge in [-0.3, -0.25) is 19.7 Å². The Balaban J connectivity index is 1.73. The van der Waals surface area contributed by atoms with Crippen molar-refractivity contribution in [3.63, 3.8) is 0 Å². The molecule has 1 amide bonds. The Morgan fingerprint density at radius 2 is 1.77 bits per heavy atom. The van der Waals surface area contributed by atoms with Crippen molar-refractivity contribution in [3.05, 3.63) is 63.7 Å². The molecule has 0 saturated heterocycles. The van der Waals surface area contributed by atoms with Gasteiger partial charge < -0.3 is 14.8 Å². The van der Waals surface area contributed by atoms with Crippen molar-refractivity contribution < 1.29 is 24.0 Å². The Morgan fingerprint density at radius 1 is 1.10 bits per heavy atom. The Kier molecular flexibility index (Phi) is 7.52. The number of hydrogen-bond acceptors (Lipinski definition) is 6. The normalized spacial score (nSPS) is 10.9. The fourth-order valence-corrected chi connectivity index (χ4v) is 2.61. The fourth-order valence-electron chi connectivity index (χ4n) is 2.61. The molecule has 0 radical (unpaired) electrons. The van der Waals surface area contributed by atoms with E-state index < -0.39 is 23.4 Å². The van der Waals surface area contributed by atoms with Crippen LogP contribution in [0.15, 0.2) is 42.5 Å². The van der Waals surface area contributed by atoms with Crippen LogP contribution in [0.1, 0.15) is 38.3 Å². The lowest BCUT2D eigenvalue weighted by atomic mass is 9.87. The van der Waals surface area contributed by atoms with E-state index in [-0.39, 0.29) is 24.1 Å². The van der Waals surface area contributed by atoms with Crippen LogP contribution in [0, 0.1) is 17.0 Å². The van der Waals surface area contributed by atoms with Crippen molar-refractivity contribution in [1.82, 2.24) is 0 Å². The van der Waals surface area contributed by atoms with Crippen LogP contribution in [-0.2, 0) is 19.7 Å². The van der Waals surface area contributed by atoms with E-state index in [9.17, 15) is 19.7 Å². The summed E-state index contributed by atoms with van der Waals surface area (Å²) >= 11 is 0. The van der Waals surface area contributed by atoms with Crippen molar-refractivity contribution in [2.24, 2.45) is 0 Å². The topological polar surface area (TPSA) is 108 Å². The van der Waals surface area contributed by atoms with Crippen molar-refractivity contribution in [1.29, 1.82) is 0 Å². The van der Waals surface area contributed by atoms with E-state index >= 15 is 0 Å². The van der Waals surface area contributed by atoms with E-state index in [4.69, 9.17) is 9.47 Å². The monoisotopic (exact) mass is 414 g/mol. The van der Waals surface area contributed by atoms with Gasteiger partial charge in [-0.25, -0.2) is 0 Å². The molecule has 0 spiro atoms. The van der Waals surface area contributed by atoms with E-state index in [1.54, 1.807) is 6.92 Å². The maximum Gasteiger partial charge on any atom is 0.309 e. The highest BCUT2D eigenvalue weighted by Gasteiger charge is 2.14. The number of rotatable bonds is 8. The number of nitro groups is 1. The molecule has 160 valence electrons. The highest BCUT2D eigenvalue weighted by Crippen LogP contribution is 2.24. The summed E-state index contributed by atoms with van der Waals surface area (Å²) in [5, 5.41) is 13.3. The van der Waals surface area contributed by atoms with Crippen LogP contribution in [0.2, 0.25) is 0 Å². The number of esters is 1. The molecule has 0 aliphatic rings. The molecule has 0 unspecified atom stereocenters. The molecule has 8 nitrogen and oxygen atoms in total. The Hall–Kier alpha value is -3.42. The van der Waals surface area contributed by atoms with Gasteiger partial charge in [0.15, 0.2) is 6.61 Å². The number of carbonyl (C=O) groups excluding carboxylic acids is 2. The van der Waals surface area contributed by atoms with Crippen molar-refractivity contribution >= 4 is 23.3 Å². The number of benzene rings is 2. The molecule has 2 aromatic rings. The van der Waals surface area contributed by atoms with Gasteiger partial charge >= 0.3 is 5.97 Å². The number of non-ortho nitro benzene ring substituents is 1. The van der Waals surface area contributed by atoms with Gasteiger partial charge in [0.25, 0.3) is 11.6 Å². The van der Waals surface area contributed by atoms with Gasteiger partial charge in [-0.2, -0.15) is 0 Å². The smallest absolute Gasteiger partial charge is 0.309 e. The number of anilines is 1. The number of amides is 1. The molecule has 1 N–H and O–H groups in total. The summed E-state index contributed by atoms with van der Waals surface area (Å²) in [7, 11) is 0. The van der Waals surface area contributed by atoms with Crippen LogP contribution in [0.3, 0.4) is 0 Å².